The van der Waals surface area contributed by atoms with Crippen molar-refractivity contribution in [1.82, 2.24) is 0 Å². The largest absolute Gasteiger partial charge is 0.507 e. The summed E-state index contributed by atoms with van der Waals surface area (Å²) < 4.78 is 0. The Bertz CT molecular complexity index is 1620. The van der Waals surface area contributed by atoms with E-state index in [9.17, 15) is 19.8 Å². The van der Waals surface area contributed by atoms with Crippen LogP contribution in [0.2, 0.25) is 0 Å². The van der Waals surface area contributed by atoms with Crippen LogP contribution in [-0.2, 0) is 39.7 Å². The second-order valence-corrected chi connectivity index (χ2v) is 20.0. The molecule has 0 radical (unpaired) electrons. The van der Waals surface area contributed by atoms with Gasteiger partial charge in [-0.05, 0) is 144 Å². The lowest BCUT2D eigenvalue weighted by molar-refractivity contribution is -0.130. The number of fused-ring (bicyclic) bond motifs is 10. The predicted molar refractivity (Wildman–Crippen MR) is 196 cm³/mol. The van der Waals surface area contributed by atoms with Gasteiger partial charge >= 0.3 is 0 Å². The highest BCUT2D eigenvalue weighted by molar-refractivity contribution is 5.88. The molecule has 4 fully saturated rings. The summed E-state index contributed by atoms with van der Waals surface area (Å²) in [5, 5.41) is 24.5. The number of aromatic hydroxyl groups is 2. The van der Waals surface area contributed by atoms with Gasteiger partial charge in [-0.25, -0.2) is 0 Å². The summed E-state index contributed by atoms with van der Waals surface area (Å²) in [5.41, 5.74) is 8.72. The van der Waals surface area contributed by atoms with E-state index in [0.717, 1.165) is 99.3 Å². The average molecular weight is 665 g/mol. The van der Waals surface area contributed by atoms with E-state index in [1.165, 1.54) is 22.3 Å². The summed E-state index contributed by atoms with van der Waals surface area (Å²) in [7, 11) is 0. The molecule has 0 aromatic heterocycles. The van der Waals surface area contributed by atoms with E-state index < -0.39 is 0 Å². The molecule has 6 aliphatic carbocycles. The number of ketones is 2. The molecule has 2 aromatic carbocycles. The maximum Gasteiger partial charge on any atom is 0.139 e. The molecule has 0 amide bonds. The summed E-state index contributed by atoms with van der Waals surface area (Å²) in [6.07, 6.45) is 12.1. The lowest BCUT2D eigenvalue weighted by Gasteiger charge is -2.49. The van der Waals surface area contributed by atoms with E-state index in [2.05, 4.69) is 67.5 Å². The molecule has 49 heavy (non-hydrogen) atoms. The Morgan fingerprint density at radius 2 is 1.00 bits per heavy atom. The summed E-state index contributed by atoms with van der Waals surface area (Å²) in [4.78, 5) is 26.2. The minimum atomic E-state index is -0.233. The maximum absolute atomic E-state index is 13.1. The van der Waals surface area contributed by atoms with Crippen molar-refractivity contribution in [1.29, 1.82) is 0 Å². The number of rotatable bonds is 2. The minimum absolute atomic E-state index is 0.163. The first-order chi connectivity index (χ1) is 22.9. The van der Waals surface area contributed by atoms with Crippen LogP contribution >= 0.6 is 0 Å². The van der Waals surface area contributed by atoms with Gasteiger partial charge in [-0.3, -0.25) is 9.59 Å². The smallest absolute Gasteiger partial charge is 0.139 e. The van der Waals surface area contributed by atoms with E-state index in [-0.39, 0.29) is 21.7 Å². The fraction of sp³-hybridized carbons (Fsp3) is 0.689. The Morgan fingerprint density at radius 3 is 1.37 bits per heavy atom. The molecule has 4 nitrogen and oxygen atoms in total. The third-order valence-electron chi connectivity index (χ3n) is 15.6. The Morgan fingerprint density at radius 1 is 0.612 bits per heavy atom. The standard InChI is InChI=1S/C45H60O4/c1-42(2,3)36-22-30-24(9-11-28-26(30)17-19-44(7)34(28)13-15-38(44)46)32(40(36)48)21-33-25-10-12-29-27(18-20-45(8)35(29)14-16-39(45)47)31(25)23-37(41(33)49)43(4,5)6/h22-23,26-29,34-35,48-49H,9-21H2,1-8H3/t26-,27-,28+,29+,34-,35-,44-,45-/m0/s1. The van der Waals surface area contributed by atoms with Crippen molar-refractivity contribution >= 4 is 11.6 Å². The first-order valence-corrected chi connectivity index (χ1v) is 19.8. The summed E-state index contributed by atoms with van der Waals surface area (Å²) >= 11 is 0. The van der Waals surface area contributed by atoms with Gasteiger partial charge in [0.05, 0.1) is 0 Å². The monoisotopic (exact) mass is 664 g/mol. The van der Waals surface area contributed by atoms with Crippen molar-refractivity contribution in [3.8, 4) is 11.5 Å². The number of benzene rings is 2. The highest BCUT2D eigenvalue weighted by atomic mass is 16.3. The fourth-order valence-corrected chi connectivity index (χ4v) is 12.9. The molecule has 8 atom stereocenters. The molecule has 4 heteroatoms. The van der Waals surface area contributed by atoms with Gasteiger partial charge in [0.15, 0.2) is 0 Å². The van der Waals surface area contributed by atoms with Crippen molar-refractivity contribution in [2.45, 2.75) is 162 Å². The van der Waals surface area contributed by atoms with Crippen molar-refractivity contribution in [3.05, 3.63) is 56.6 Å². The molecular weight excluding hydrogens is 604 g/mol. The number of hydrogen-bond donors (Lipinski definition) is 2. The average Bonchev–Trinajstić information content (AvgIpc) is 3.51. The number of Topliss-reactive ketones (excluding diaryl/α,β-unsaturated/α-hetero) is 2. The second-order valence-electron chi connectivity index (χ2n) is 20.0. The molecule has 2 aromatic rings. The van der Waals surface area contributed by atoms with Gasteiger partial charge < -0.3 is 10.2 Å². The van der Waals surface area contributed by atoms with Gasteiger partial charge in [-0.15, -0.1) is 0 Å². The number of carbonyl (C=O) groups excluding carboxylic acids is 2. The lowest BCUT2D eigenvalue weighted by Crippen LogP contribution is -2.43. The number of phenols is 2. The molecule has 0 unspecified atom stereocenters. The molecule has 264 valence electrons. The van der Waals surface area contributed by atoms with Gasteiger partial charge in [0, 0.05) is 41.2 Å². The Labute approximate surface area is 294 Å². The number of hydrogen-bond acceptors (Lipinski definition) is 4. The van der Waals surface area contributed by atoms with Crippen LogP contribution in [-0.4, -0.2) is 21.8 Å². The van der Waals surface area contributed by atoms with E-state index >= 15 is 0 Å². The molecule has 8 rings (SSSR count). The number of phenolic OH excluding ortho intramolecular Hbond substituents is 2. The molecule has 0 bridgehead atoms. The van der Waals surface area contributed by atoms with Crippen LogP contribution in [0.5, 0.6) is 11.5 Å². The van der Waals surface area contributed by atoms with E-state index in [1.54, 1.807) is 0 Å². The topological polar surface area (TPSA) is 74.6 Å². The minimum Gasteiger partial charge on any atom is -0.507 e. The molecular formula is C45H60O4. The molecule has 0 spiro atoms. The van der Waals surface area contributed by atoms with Gasteiger partial charge in [0.1, 0.15) is 23.1 Å². The van der Waals surface area contributed by atoms with E-state index in [0.29, 0.717) is 65.0 Å². The molecule has 0 saturated heterocycles. The van der Waals surface area contributed by atoms with Gasteiger partial charge in [0.25, 0.3) is 0 Å². The fourth-order valence-electron chi connectivity index (χ4n) is 12.9. The summed E-state index contributed by atoms with van der Waals surface area (Å²) in [6.45, 7) is 17.7. The van der Waals surface area contributed by atoms with Crippen molar-refractivity contribution in [3.63, 3.8) is 0 Å². The SMILES string of the molecule is CC(C)(C)c1cc2c(c(Cc3c(O)c(C(C)(C)C)cc4c3CC[C@@H]3[C@@H]4CC[C@]4(C)C(=O)CC[C@@H]34)c1O)CC[C@@H]1[C@@H]2CC[C@]2(C)C(=O)CC[C@@H]12. The molecule has 2 N–H and O–H groups in total. The zero-order chi connectivity index (χ0) is 35.0. The Hall–Kier alpha value is -2.62. The quantitative estimate of drug-likeness (QED) is 0.335. The number of carbonyl (C=O) groups is 2. The van der Waals surface area contributed by atoms with Crippen molar-refractivity contribution in [2.24, 2.45) is 34.5 Å². The summed E-state index contributed by atoms with van der Waals surface area (Å²) in [5.74, 6) is 4.59. The van der Waals surface area contributed by atoms with Crippen molar-refractivity contribution in [2.75, 3.05) is 0 Å². The third-order valence-corrected chi connectivity index (χ3v) is 15.6. The normalized spacial score (nSPS) is 35.3. The van der Waals surface area contributed by atoms with E-state index in [1.807, 2.05) is 0 Å². The van der Waals surface area contributed by atoms with Gasteiger partial charge in [0.2, 0.25) is 0 Å². The van der Waals surface area contributed by atoms with Gasteiger partial charge in [-0.1, -0.05) is 67.5 Å². The highest BCUT2D eigenvalue weighted by Gasteiger charge is 2.56. The highest BCUT2D eigenvalue weighted by Crippen LogP contribution is 2.62. The first-order valence-electron chi connectivity index (χ1n) is 19.8. The predicted octanol–water partition coefficient (Wildman–Crippen LogP) is 10.1. The van der Waals surface area contributed by atoms with Crippen LogP contribution in [0.4, 0.5) is 0 Å². The first kappa shape index (κ1) is 33.5. The zero-order valence-corrected chi connectivity index (χ0v) is 31.5. The Balaban J connectivity index is 1.26. The van der Waals surface area contributed by atoms with E-state index in [4.69, 9.17) is 0 Å². The van der Waals surface area contributed by atoms with Crippen LogP contribution < -0.4 is 0 Å². The zero-order valence-electron chi connectivity index (χ0n) is 31.5. The van der Waals surface area contributed by atoms with Crippen LogP contribution in [0, 0.1) is 34.5 Å². The third kappa shape index (κ3) is 4.80. The van der Waals surface area contributed by atoms with Crippen LogP contribution in [0.25, 0.3) is 0 Å². The van der Waals surface area contributed by atoms with Crippen LogP contribution in [0.3, 0.4) is 0 Å². The molecule has 0 heterocycles. The molecule has 0 aliphatic heterocycles. The summed E-state index contributed by atoms with van der Waals surface area (Å²) in [6, 6.07) is 4.69. The van der Waals surface area contributed by atoms with Gasteiger partial charge in [-0.2, -0.15) is 0 Å². The van der Waals surface area contributed by atoms with Crippen molar-refractivity contribution < 1.29 is 19.8 Å². The second kappa shape index (κ2) is 10.9. The Kier molecular flexibility index (Phi) is 7.49. The lowest BCUT2D eigenvalue weighted by atomic mass is 9.54. The van der Waals surface area contributed by atoms with Crippen LogP contribution in [0.1, 0.15) is 176 Å². The maximum atomic E-state index is 13.1. The van der Waals surface area contributed by atoms with Crippen LogP contribution in [0.15, 0.2) is 12.1 Å². The molecule has 4 saturated carbocycles. The molecule has 6 aliphatic rings.